The van der Waals surface area contributed by atoms with Crippen molar-refractivity contribution < 1.29 is 19.1 Å². The fraction of sp³-hybridized carbons (Fsp3) is 0.273. The molecule has 2 N–H and O–H groups in total. The molecule has 1 fully saturated rings. The van der Waals surface area contributed by atoms with E-state index >= 15 is 0 Å². The second-order valence-electron chi connectivity index (χ2n) is 6.96. The van der Waals surface area contributed by atoms with E-state index in [-0.39, 0.29) is 12.5 Å². The molecule has 0 aliphatic carbocycles. The van der Waals surface area contributed by atoms with Gasteiger partial charge in [0.25, 0.3) is 5.91 Å². The SMILES string of the molecule is O=C(COC(=O)c1c[nH]c2ccccc12)Nc1ccc(CN2CCOCC2)cc1. The van der Waals surface area contributed by atoms with Gasteiger partial charge in [-0.15, -0.1) is 0 Å². The van der Waals surface area contributed by atoms with Crippen LogP contribution in [-0.4, -0.2) is 54.7 Å². The van der Waals surface area contributed by atoms with E-state index in [0.29, 0.717) is 11.3 Å². The summed E-state index contributed by atoms with van der Waals surface area (Å²) in [6.07, 6.45) is 1.60. The summed E-state index contributed by atoms with van der Waals surface area (Å²) in [5.74, 6) is -0.905. The predicted octanol–water partition coefficient (Wildman–Crippen LogP) is 2.80. The number of nitrogens with one attached hydrogen (secondary N) is 2. The van der Waals surface area contributed by atoms with Gasteiger partial charge in [0.1, 0.15) is 0 Å². The Morgan fingerprint density at radius 3 is 2.62 bits per heavy atom. The number of H-pyrrole nitrogens is 1. The Balaban J connectivity index is 1.27. The number of ether oxygens (including phenoxy) is 2. The van der Waals surface area contributed by atoms with E-state index in [9.17, 15) is 9.59 Å². The molecular weight excluding hydrogens is 370 g/mol. The van der Waals surface area contributed by atoms with Crippen LogP contribution in [0.1, 0.15) is 15.9 Å². The zero-order valence-corrected chi connectivity index (χ0v) is 16.0. The summed E-state index contributed by atoms with van der Waals surface area (Å²) in [7, 11) is 0. The van der Waals surface area contributed by atoms with Crippen LogP contribution in [0.4, 0.5) is 5.69 Å². The number of esters is 1. The lowest BCUT2D eigenvalue weighted by molar-refractivity contribution is -0.119. The van der Waals surface area contributed by atoms with Crippen LogP contribution >= 0.6 is 0 Å². The topological polar surface area (TPSA) is 83.7 Å². The molecule has 1 aliphatic heterocycles. The summed E-state index contributed by atoms with van der Waals surface area (Å²) < 4.78 is 10.5. The van der Waals surface area contributed by atoms with Gasteiger partial charge in [0.2, 0.25) is 0 Å². The summed E-state index contributed by atoms with van der Waals surface area (Å²) in [5, 5.41) is 3.53. The fourth-order valence-electron chi connectivity index (χ4n) is 3.36. The third-order valence-electron chi connectivity index (χ3n) is 4.89. The lowest BCUT2D eigenvalue weighted by Crippen LogP contribution is -2.35. The van der Waals surface area contributed by atoms with Gasteiger partial charge in [-0.25, -0.2) is 4.79 Å². The van der Waals surface area contributed by atoms with Crippen molar-refractivity contribution in [3.63, 3.8) is 0 Å². The van der Waals surface area contributed by atoms with Gasteiger partial charge in [-0.1, -0.05) is 30.3 Å². The Hall–Kier alpha value is -3.16. The Kier molecular flexibility index (Phi) is 5.88. The molecule has 1 amide bonds. The van der Waals surface area contributed by atoms with Gasteiger partial charge >= 0.3 is 5.97 Å². The van der Waals surface area contributed by atoms with Crippen LogP contribution in [0.3, 0.4) is 0 Å². The monoisotopic (exact) mass is 393 g/mol. The third kappa shape index (κ3) is 4.82. The van der Waals surface area contributed by atoms with E-state index in [0.717, 1.165) is 43.8 Å². The van der Waals surface area contributed by atoms with Crippen molar-refractivity contribution in [1.82, 2.24) is 9.88 Å². The second kappa shape index (κ2) is 8.89. The van der Waals surface area contributed by atoms with Crippen molar-refractivity contribution in [2.75, 3.05) is 38.2 Å². The zero-order valence-electron chi connectivity index (χ0n) is 16.0. The van der Waals surface area contributed by atoms with Crippen LogP contribution < -0.4 is 5.32 Å². The Morgan fingerprint density at radius 1 is 1.07 bits per heavy atom. The van der Waals surface area contributed by atoms with Gasteiger partial charge in [-0.05, 0) is 23.8 Å². The molecule has 4 rings (SSSR count). The standard InChI is InChI=1S/C22H23N3O4/c26-21(15-29-22(27)19-13-23-20-4-2-1-3-18(19)20)24-17-7-5-16(6-8-17)14-25-9-11-28-12-10-25/h1-8,13,23H,9-12,14-15H2,(H,24,26). The molecule has 7 nitrogen and oxygen atoms in total. The van der Waals surface area contributed by atoms with Crippen LogP contribution in [0.2, 0.25) is 0 Å². The number of benzene rings is 2. The summed E-state index contributed by atoms with van der Waals surface area (Å²) in [5.41, 5.74) is 3.11. The molecule has 0 unspecified atom stereocenters. The summed E-state index contributed by atoms with van der Waals surface area (Å²) in [6.45, 7) is 3.92. The van der Waals surface area contributed by atoms with E-state index in [1.807, 2.05) is 48.5 Å². The highest BCUT2D eigenvalue weighted by molar-refractivity contribution is 6.05. The van der Waals surface area contributed by atoms with Crippen molar-refractivity contribution in [3.8, 4) is 0 Å². The number of aromatic nitrogens is 1. The second-order valence-corrected chi connectivity index (χ2v) is 6.96. The van der Waals surface area contributed by atoms with E-state index in [1.165, 1.54) is 5.56 Å². The first-order valence-corrected chi connectivity index (χ1v) is 9.61. The number of carbonyl (C=O) groups excluding carboxylic acids is 2. The summed E-state index contributed by atoms with van der Waals surface area (Å²) >= 11 is 0. The molecule has 7 heteroatoms. The lowest BCUT2D eigenvalue weighted by Gasteiger charge is -2.26. The van der Waals surface area contributed by atoms with Gasteiger partial charge < -0.3 is 19.8 Å². The fourth-order valence-corrected chi connectivity index (χ4v) is 3.36. The van der Waals surface area contributed by atoms with Crippen LogP contribution in [0, 0.1) is 0 Å². The Bertz CT molecular complexity index is 991. The average Bonchev–Trinajstić information content (AvgIpc) is 3.18. The minimum atomic E-state index is -0.529. The molecule has 0 bridgehead atoms. The number of fused-ring (bicyclic) bond motifs is 1. The molecular formula is C22H23N3O4. The van der Waals surface area contributed by atoms with E-state index in [1.54, 1.807) is 6.20 Å². The first kappa shape index (κ1) is 19.2. The zero-order chi connectivity index (χ0) is 20.1. The molecule has 0 radical (unpaired) electrons. The number of aromatic amines is 1. The highest BCUT2D eigenvalue weighted by atomic mass is 16.5. The van der Waals surface area contributed by atoms with Gasteiger partial charge in [-0.3, -0.25) is 9.69 Å². The van der Waals surface area contributed by atoms with Crippen LogP contribution in [0.5, 0.6) is 0 Å². The summed E-state index contributed by atoms with van der Waals surface area (Å²) in [4.78, 5) is 29.8. The molecule has 1 saturated heterocycles. The van der Waals surface area contributed by atoms with Crippen LogP contribution in [0.15, 0.2) is 54.7 Å². The Morgan fingerprint density at radius 2 is 1.83 bits per heavy atom. The van der Waals surface area contributed by atoms with Gasteiger partial charge in [-0.2, -0.15) is 0 Å². The number of carbonyl (C=O) groups is 2. The predicted molar refractivity (Wildman–Crippen MR) is 110 cm³/mol. The molecule has 1 aliphatic rings. The van der Waals surface area contributed by atoms with Crippen molar-refractivity contribution in [2.45, 2.75) is 6.54 Å². The molecule has 2 aromatic carbocycles. The molecule has 0 saturated carbocycles. The maximum atomic E-state index is 12.3. The molecule has 0 atom stereocenters. The first-order chi connectivity index (χ1) is 14.2. The minimum absolute atomic E-state index is 0.339. The van der Waals surface area contributed by atoms with Gasteiger partial charge in [0.15, 0.2) is 6.61 Å². The largest absolute Gasteiger partial charge is 0.452 e. The third-order valence-corrected chi connectivity index (χ3v) is 4.89. The molecule has 1 aromatic heterocycles. The highest BCUT2D eigenvalue weighted by Gasteiger charge is 2.15. The molecule has 150 valence electrons. The smallest absolute Gasteiger partial charge is 0.340 e. The normalized spacial score (nSPS) is 14.6. The molecule has 29 heavy (non-hydrogen) atoms. The van der Waals surface area contributed by atoms with Crippen molar-refractivity contribution >= 4 is 28.5 Å². The number of amides is 1. The number of nitrogens with zero attached hydrogens (tertiary/aromatic N) is 1. The van der Waals surface area contributed by atoms with Gasteiger partial charge in [0.05, 0.1) is 18.8 Å². The number of hydrogen-bond acceptors (Lipinski definition) is 5. The quantitative estimate of drug-likeness (QED) is 0.629. The highest BCUT2D eigenvalue weighted by Crippen LogP contribution is 2.18. The average molecular weight is 393 g/mol. The first-order valence-electron chi connectivity index (χ1n) is 9.61. The molecule has 3 aromatic rings. The van der Waals surface area contributed by atoms with Crippen LogP contribution in [0.25, 0.3) is 10.9 Å². The Labute approximate surface area is 168 Å². The van der Waals surface area contributed by atoms with E-state index in [4.69, 9.17) is 9.47 Å². The van der Waals surface area contributed by atoms with E-state index < -0.39 is 5.97 Å². The van der Waals surface area contributed by atoms with Crippen molar-refractivity contribution in [1.29, 1.82) is 0 Å². The van der Waals surface area contributed by atoms with Crippen LogP contribution in [-0.2, 0) is 20.8 Å². The maximum absolute atomic E-state index is 12.3. The lowest BCUT2D eigenvalue weighted by atomic mass is 10.2. The number of morpholine rings is 1. The number of anilines is 1. The molecule has 0 spiro atoms. The summed E-state index contributed by atoms with van der Waals surface area (Å²) in [6, 6.07) is 15.1. The molecule has 2 heterocycles. The van der Waals surface area contributed by atoms with Crippen molar-refractivity contribution in [2.24, 2.45) is 0 Å². The maximum Gasteiger partial charge on any atom is 0.340 e. The van der Waals surface area contributed by atoms with Crippen molar-refractivity contribution in [3.05, 3.63) is 65.9 Å². The van der Waals surface area contributed by atoms with Gasteiger partial charge in [0, 0.05) is 42.4 Å². The number of rotatable bonds is 6. The number of hydrogen-bond donors (Lipinski definition) is 2. The minimum Gasteiger partial charge on any atom is -0.452 e. The number of para-hydroxylation sites is 1. The van der Waals surface area contributed by atoms with E-state index in [2.05, 4.69) is 15.2 Å².